The van der Waals surface area contributed by atoms with Gasteiger partial charge in [-0.1, -0.05) is 12.8 Å². The van der Waals surface area contributed by atoms with Crippen molar-refractivity contribution in [3.63, 3.8) is 0 Å². The molecule has 0 atom stereocenters. The molecule has 2 aromatic rings. The Balaban J connectivity index is 1.87. The predicted octanol–water partition coefficient (Wildman–Crippen LogP) is 3.04. The Morgan fingerprint density at radius 3 is 2.94 bits per heavy atom. The third-order valence-corrected chi connectivity index (χ3v) is 4.67. The van der Waals surface area contributed by atoms with E-state index >= 15 is 0 Å². The molecule has 4 heteroatoms. The molecule has 2 heterocycles. The molecule has 1 aliphatic carbocycles. The molecule has 0 radical (unpaired) electrons. The number of fused-ring (bicyclic) bond motifs is 1. The summed E-state index contributed by atoms with van der Waals surface area (Å²) in [6.45, 7) is 0.676. The van der Waals surface area contributed by atoms with Gasteiger partial charge in [0.2, 0.25) is 0 Å². The summed E-state index contributed by atoms with van der Waals surface area (Å²) in [7, 11) is 2.02. The van der Waals surface area contributed by atoms with Crippen LogP contribution in [0.5, 0.6) is 0 Å². The maximum atomic E-state index is 10.5. The number of likely N-dealkylation sites (N-methyl/N-ethyl adjacent to an activating group) is 1. The van der Waals surface area contributed by atoms with Crippen LogP contribution in [0.1, 0.15) is 25.7 Å². The molecule has 3 nitrogen and oxygen atoms in total. The molecule has 0 amide bonds. The van der Waals surface area contributed by atoms with E-state index < -0.39 is 5.60 Å². The largest absolute Gasteiger partial charge is 0.388 e. The zero-order valence-electron chi connectivity index (χ0n) is 10.6. The van der Waals surface area contributed by atoms with Crippen molar-refractivity contribution < 1.29 is 5.11 Å². The molecule has 1 aliphatic rings. The molecule has 2 aromatic heterocycles. The van der Waals surface area contributed by atoms with E-state index in [0.29, 0.717) is 6.54 Å². The molecule has 0 spiro atoms. The van der Waals surface area contributed by atoms with Gasteiger partial charge in [0.1, 0.15) is 5.82 Å². The molecule has 0 bridgehead atoms. The van der Waals surface area contributed by atoms with Crippen molar-refractivity contribution in [2.75, 3.05) is 18.5 Å². The number of thiophene rings is 1. The molecule has 0 saturated heterocycles. The first-order valence-corrected chi connectivity index (χ1v) is 7.32. The highest BCUT2D eigenvalue weighted by molar-refractivity contribution is 7.17. The van der Waals surface area contributed by atoms with Crippen molar-refractivity contribution >= 4 is 27.2 Å². The van der Waals surface area contributed by atoms with Crippen LogP contribution in [0.4, 0.5) is 5.82 Å². The van der Waals surface area contributed by atoms with Crippen molar-refractivity contribution in [2.45, 2.75) is 31.3 Å². The van der Waals surface area contributed by atoms with E-state index in [1.807, 2.05) is 19.3 Å². The number of hydrogen-bond donors (Lipinski definition) is 1. The van der Waals surface area contributed by atoms with E-state index in [1.54, 1.807) is 11.3 Å². The van der Waals surface area contributed by atoms with Gasteiger partial charge in [-0.15, -0.1) is 11.3 Å². The molecular formula is C14H18N2OS. The van der Waals surface area contributed by atoms with Crippen LogP contribution in [0.15, 0.2) is 23.7 Å². The Morgan fingerprint density at radius 1 is 1.39 bits per heavy atom. The van der Waals surface area contributed by atoms with Gasteiger partial charge in [0.25, 0.3) is 0 Å². The van der Waals surface area contributed by atoms with E-state index in [0.717, 1.165) is 31.5 Å². The molecule has 1 fully saturated rings. The second-order valence-corrected chi connectivity index (χ2v) is 6.20. The monoisotopic (exact) mass is 262 g/mol. The number of aliphatic hydroxyl groups is 1. The maximum absolute atomic E-state index is 10.5. The van der Waals surface area contributed by atoms with Crippen LogP contribution in [0.3, 0.4) is 0 Å². The van der Waals surface area contributed by atoms with E-state index in [1.165, 1.54) is 10.1 Å². The normalized spacial score (nSPS) is 18.3. The lowest BCUT2D eigenvalue weighted by molar-refractivity contribution is 0.0558. The molecule has 0 aliphatic heterocycles. The Morgan fingerprint density at radius 2 is 2.17 bits per heavy atom. The summed E-state index contributed by atoms with van der Waals surface area (Å²) in [6, 6.07) is 4.15. The molecule has 1 saturated carbocycles. The van der Waals surface area contributed by atoms with Gasteiger partial charge in [-0.2, -0.15) is 0 Å². The van der Waals surface area contributed by atoms with Crippen LogP contribution in [-0.2, 0) is 0 Å². The third-order valence-electron chi connectivity index (χ3n) is 3.79. The summed E-state index contributed by atoms with van der Waals surface area (Å²) in [4.78, 5) is 6.57. The molecular weight excluding hydrogens is 244 g/mol. The lowest BCUT2D eigenvalue weighted by Gasteiger charge is -2.29. The van der Waals surface area contributed by atoms with Crippen LogP contribution in [0, 0.1) is 0 Å². The predicted molar refractivity (Wildman–Crippen MR) is 76.3 cm³/mol. The highest BCUT2D eigenvalue weighted by Gasteiger charge is 2.32. The number of hydrogen-bond acceptors (Lipinski definition) is 4. The summed E-state index contributed by atoms with van der Waals surface area (Å²) in [5.41, 5.74) is -0.519. The van der Waals surface area contributed by atoms with Crippen LogP contribution in [0.2, 0.25) is 0 Å². The van der Waals surface area contributed by atoms with E-state index in [4.69, 9.17) is 0 Å². The summed E-state index contributed by atoms with van der Waals surface area (Å²) in [6.07, 6.45) is 5.96. The Hall–Kier alpha value is -1.13. The summed E-state index contributed by atoms with van der Waals surface area (Å²) in [5, 5.41) is 13.8. The fraction of sp³-hybridized carbons (Fsp3) is 0.500. The zero-order valence-corrected chi connectivity index (χ0v) is 11.4. The van der Waals surface area contributed by atoms with Gasteiger partial charge in [0, 0.05) is 29.9 Å². The minimum absolute atomic E-state index is 0.519. The highest BCUT2D eigenvalue weighted by Crippen LogP contribution is 2.33. The first-order valence-electron chi connectivity index (χ1n) is 6.44. The minimum Gasteiger partial charge on any atom is -0.388 e. The molecule has 0 unspecified atom stereocenters. The van der Waals surface area contributed by atoms with Gasteiger partial charge in [-0.3, -0.25) is 0 Å². The Bertz CT molecular complexity index is 545. The number of rotatable bonds is 3. The summed E-state index contributed by atoms with van der Waals surface area (Å²) < 4.78 is 1.25. The number of anilines is 1. The van der Waals surface area contributed by atoms with E-state index in [9.17, 15) is 5.11 Å². The molecule has 96 valence electrons. The molecule has 18 heavy (non-hydrogen) atoms. The van der Waals surface area contributed by atoms with Crippen molar-refractivity contribution in [2.24, 2.45) is 0 Å². The van der Waals surface area contributed by atoms with Gasteiger partial charge in [0.15, 0.2) is 0 Å². The lowest BCUT2D eigenvalue weighted by Crippen LogP contribution is -2.39. The van der Waals surface area contributed by atoms with E-state index in [2.05, 4.69) is 21.3 Å². The topological polar surface area (TPSA) is 36.4 Å². The highest BCUT2D eigenvalue weighted by atomic mass is 32.1. The van der Waals surface area contributed by atoms with Crippen molar-refractivity contribution in [3.05, 3.63) is 23.7 Å². The second kappa shape index (κ2) is 4.52. The fourth-order valence-corrected chi connectivity index (χ4v) is 3.67. The SMILES string of the molecule is CN(CC1(O)CCCC1)c1nccc2sccc12. The molecule has 1 N–H and O–H groups in total. The molecule has 3 rings (SSSR count). The molecule has 0 aromatic carbocycles. The van der Waals surface area contributed by atoms with Crippen LogP contribution in [-0.4, -0.2) is 29.3 Å². The van der Waals surface area contributed by atoms with Crippen molar-refractivity contribution in [3.8, 4) is 0 Å². The number of aromatic nitrogens is 1. The average Bonchev–Trinajstić information content (AvgIpc) is 2.96. The Kier molecular flexibility index (Phi) is 2.99. The number of pyridine rings is 1. The standard InChI is InChI=1S/C14H18N2OS/c1-16(10-14(17)6-2-3-7-14)13-11-5-9-18-12(11)4-8-15-13/h4-5,8-9,17H,2-3,6-7,10H2,1H3. The minimum atomic E-state index is -0.519. The summed E-state index contributed by atoms with van der Waals surface area (Å²) >= 11 is 1.73. The Labute approximate surface area is 111 Å². The van der Waals surface area contributed by atoms with Crippen molar-refractivity contribution in [1.29, 1.82) is 0 Å². The van der Waals surface area contributed by atoms with Crippen LogP contribution in [0.25, 0.3) is 10.1 Å². The maximum Gasteiger partial charge on any atom is 0.137 e. The van der Waals surface area contributed by atoms with Gasteiger partial charge < -0.3 is 10.0 Å². The quantitative estimate of drug-likeness (QED) is 0.923. The fourth-order valence-electron chi connectivity index (χ4n) is 2.89. The number of nitrogens with zero attached hydrogens (tertiary/aromatic N) is 2. The van der Waals surface area contributed by atoms with Crippen LogP contribution < -0.4 is 4.90 Å². The van der Waals surface area contributed by atoms with Gasteiger partial charge in [-0.05, 0) is 30.4 Å². The average molecular weight is 262 g/mol. The lowest BCUT2D eigenvalue weighted by atomic mass is 10.0. The van der Waals surface area contributed by atoms with Gasteiger partial charge in [-0.25, -0.2) is 4.98 Å². The van der Waals surface area contributed by atoms with Gasteiger partial charge in [0.05, 0.1) is 5.60 Å². The first-order chi connectivity index (χ1) is 8.68. The van der Waals surface area contributed by atoms with E-state index in [-0.39, 0.29) is 0 Å². The van der Waals surface area contributed by atoms with Crippen molar-refractivity contribution in [1.82, 2.24) is 4.98 Å². The second-order valence-electron chi connectivity index (χ2n) is 5.25. The van der Waals surface area contributed by atoms with Crippen LogP contribution >= 0.6 is 11.3 Å². The smallest absolute Gasteiger partial charge is 0.137 e. The summed E-state index contributed by atoms with van der Waals surface area (Å²) in [5.74, 6) is 0.981. The third kappa shape index (κ3) is 2.10. The first kappa shape index (κ1) is 11.9. The zero-order chi connectivity index (χ0) is 12.6. The van der Waals surface area contributed by atoms with Gasteiger partial charge >= 0.3 is 0 Å².